The predicted octanol–water partition coefficient (Wildman–Crippen LogP) is 7.01. The third-order valence-corrected chi connectivity index (χ3v) is 11.6. The number of benzene rings is 4. The molecule has 0 bridgehead atoms. The molecular formula is C48H54N8O6. The van der Waals surface area contributed by atoms with Gasteiger partial charge in [0.15, 0.2) is 5.82 Å². The first kappa shape index (κ1) is 43.3. The van der Waals surface area contributed by atoms with Crippen LogP contribution in [0.2, 0.25) is 0 Å². The van der Waals surface area contributed by atoms with Gasteiger partial charge in [-0.2, -0.15) is 0 Å². The number of carbonyl (C=O) groups is 3. The van der Waals surface area contributed by atoms with E-state index in [0.29, 0.717) is 49.4 Å². The van der Waals surface area contributed by atoms with E-state index in [1.807, 2.05) is 86.3 Å². The molecule has 2 aromatic heterocycles. The number of hydroxylamine groups is 1. The number of aromatic nitrogens is 4. The Bertz CT molecular complexity index is 2570. The fourth-order valence-corrected chi connectivity index (χ4v) is 8.26. The Morgan fingerprint density at radius 3 is 2.34 bits per heavy atom. The molecule has 7 rings (SSSR count). The molecule has 0 saturated carbocycles. The van der Waals surface area contributed by atoms with Crippen LogP contribution in [0.15, 0.2) is 91.0 Å². The summed E-state index contributed by atoms with van der Waals surface area (Å²) in [6, 6.07) is 26.8. The van der Waals surface area contributed by atoms with Crippen LogP contribution in [-0.2, 0) is 29.1 Å². The number of carbonyl (C=O) groups excluding carboxylic acids is 3. The predicted molar refractivity (Wildman–Crippen MR) is 238 cm³/mol. The number of aromatic hydroxyl groups is 2. The number of H-pyrrole nitrogens is 1. The van der Waals surface area contributed by atoms with E-state index in [1.165, 1.54) is 23.1 Å². The Morgan fingerprint density at radius 2 is 1.65 bits per heavy atom. The van der Waals surface area contributed by atoms with Gasteiger partial charge in [0.25, 0.3) is 11.8 Å². The van der Waals surface area contributed by atoms with Crippen LogP contribution in [0.3, 0.4) is 0 Å². The normalized spacial score (nSPS) is 13.6. The first-order valence-electron chi connectivity index (χ1n) is 21.1. The van der Waals surface area contributed by atoms with Gasteiger partial charge in [-0.15, -0.1) is 10.2 Å². The number of nitrogens with one attached hydrogen (secondary N) is 3. The van der Waals surface area contributed by atoms with Crippen molar-refractivity contribution < 1.29 is 29.8 Å². The fraction of sp³-hybridized carbons (Fsp3) is 0.312. The summed E-state index contributed by atoms with van der Waals surface area (Å²) < 4.78 is 1.62. The van der Waals surface area contributed by atoms with E-state index in [9.17, 15) is 24.6 Å². The van der Waals surface area contributed by atoms with Crippen molar-refractivity contribution in [2.45, 2.75) is 66.0 Å². The second-order valence-electron chi connectivity index (χ2n) is 16.2. The highest BCUT2D eigenvalue weighted by Gasteiger charge is 2.30. The summed E-state index contributed by atoms with van der Waals surface area (Å²) in [7, 11) is 0. The van der Waals surface area contributed by atoms with E-state index in [-0.39, 0.29) is 40.9 Å². The second-order valence-corrected chi connectivity index (χ2v) is 16.2. The van der Waals surface area contributed by atoms with Crippen LogP contribution < -0.4 is 10.8 Å². The lowest BCUT2D eigenvalue weighted by atomic mass is 9.94. The quantitative estimate of drug-likeness (QED) is 0.0359. The molecule has 14 heteroatoms. The van der Waals surface area contributed by atoms with Gasteiger partial charge in [0.05, 0.1) is 5.56 Å². The largest absolute Gasteiger partial charge is 0.508 e. The maximum Gasteiger partial charge on any atom is 0.289 e. The second kappa shape index (κ2) is 19.3. The van der Waals surface area contributed by atoms with Crippen molar-refractivity contribution in [2.75, 3.05) is 26.2 Å². The van der Waals surface area contributed by atoms with Gasteiger partial charge in [0.2, 0.25) is 11.7 Å². The fourth-order valence-electron chi connectivity index (χ4n) is 8.26. The molecule has 0 unspecified atom stereocenters. The number of hydrogen-bond acceptors (Lipinski definition) is 9. The summed E-state index contributed by atoms with van der Waals surface area (Å²) in [5.74, 6) is -0.870. The van der Waals surface area contributed by atoms with Crippen LogP contribution in [0.25, 0.3) is 34.1 Å². The third-order valence-electron chi connectivity index (χ3n) is 11.6. The monoisotopic (exact) mass is 838 g/mol. The van der Waals surface area contributed by atoms with Crippen LogP contribution >= 0.6 is 0 Å². The lowest BCUT2D eigenvalue weighted by molar-refractivity contribution is -0.137. The molecule has 6 aromatic rings. The van der Waals surface area contributed by atoms with E-state index in [1.54, 1.807) is 22.2 Å². The van der Waals surface area contributed by atoms with Gasteiger partial charge in [-0.25, -0.2) is 5.48 Å². The van der Waals surface area contributed by atoms with Crippen LogP contribution in [0.5, 0.6) is 11.5 Å². The molecular weight excluding hydrogens is 785 g/mol. The zero-order chi connectivity index (χ0) is 43.9. The number of amides is 3. The Morgan fingerprint density at radius 1 is 0.935 bits per heavy atom. The molecule has 14 nitrogen and oxygen atoms in total. The highest BCUT2D eigenvalue weighted by atomic mass is 16.5. The van der Waals surface area contributed by atoms with Crippen molar-refractivity contribution in [2.24, 2.45) is 5.92 Å². The third kappa shape index (κ3) is 9.72. The molecule has 0 radical (unpaired) electrons. The van der Waals surface area contributed by atoms with Crippen molar-refractivity contribution in [3.8, 4) is 28.6 Å². The molecule has 0 aliphatic carbocycles. The van der Waals surface area contributed by atoms with Crippen LogP contribution in [-0.4, -0.2) is 88.9 Å². The Balaban J connectivity index is 1.05. The average Bonchev–Trinajstić information content (AvgIpc) is 3.85. The summed E-state index contributed by atoms with van der Waals surface area (Å²) in [4.78, 5) is 46.8. The van der Waals surface area contributed by atoms with E-state index in [0.717, 1.165) is 53.8 Å². The standard InChI is InChI=1S/C48H54N8O6/c1-5-49-47(60)46-52-51-45(40-26-39(30(2)3)42(57)27-43(40)58)56(46)36-17-14-33(15-18-36)28-54-23-20-35(21-24-54)48(61)55(25-22-37-31(4)50-41-9-7-6-8-38(37)41)29-34-12-10-32(11-13-34)16-19-44(59)53-62/h6-19,26-27,30,35,50,57-58,62H,5,20-25,28-29H2,1-4H3,(H,49,60)(H,53,59)/b19-16+. The molecule has 1 fully saturated rings. The molecule has 3 amide bonds. The molecule has 0 atom stereocenters. The lowest BCUT2D eigenvalue weighted by Crippen LogP contribution is -2.42. The summed E-state index contributed by atoms with van der Waals surface area (Å²) >= 11 is 0. The summed E-state index contributed by atoms with van der Waals surface area (Å²) in [5.41, 5.74) is 9.46. The Labute approximate surface area is 360 Å². The van der Waals surface area contributed by atoms with Gasteiger partial charge in [0, 0.05) is 66.5 Å². The van der Waals surface area contributed by atoms with Crippen molar-refractivity contribution >= 4 is 34.7 Å². The van der Waals surface area contributed by atoms with Crippen LogP contribution in [0, 0.1) is 12.8 Å². The molecule has 1 aliphatic rings. The number of aryl methyl sites for hydroxylation is 1. The number of para-hydroxylation sites is 1. The van der Waals surface area contributed by atoms with Crippen molar-refractivity contribution in [3.05, 3.63) is 130 Å². The number of phenols is 2. The smallest absolute Gasteiger partial charge is 0.289 e. The van der Waals surface area contributed by atoms with Crippen LogP contribution in [0.1, 0.15) is 83.7 Å². The van der Waals surface area contributed by atoms with Gasteiger partial charge in [0.1, 0.15) is 11.5 Å². The van der Waals surface area contributed by atoms with E-state index >= 15 is 0 Å². The van der Waals surface area contributed by atoms with Crippen LogP contribution in [0.4, 0.5) is 0 Å². The number of aromatic amines is 1. The van der Waals surface area contributed by atoms with E-state index in [4.69, 9.17) is 5.21 Å². The van der Waals surface area contributed by atoms with Gasteiger partial charge in [-0.05, 0) is 110 Å². The van der Waals surface area contributed by atoms with Gasteiger partial charge in [-0.3, -0.25) is 29.1 Å². The Kier molecular flexibility index (Phi) is 13.5. The first-order chi connectivity index (χ1) is 29.9. The Hall–Kier alpha value is -6.77. The highest BCUT2D eigenvalue weighted by molar-refractivity contribution is 5.92. The molecule has 4 aromatic carbocycles. The maximum absolute atomic E-state index is 14.4. The molecule has 322 valence electrons. The van der Waals surface area contributed by atoms with Crippen molar-refractivity contribution in [3.63, 3.8) is 0 Å². The van der Waals surface area contributed by atoms with Gasteiger partial charge in [-0.1, -0.05) is 68.4 Å². The van der Waals surface area contributed by atoms with Crippen molar-refractivity contribution in [1.29, 1.82) is 0 Å². The number of nitrogens with zero attached hydrogens (tertiary/aromatic N) is 5. The number of likely N-dealkylation sites (tertiary alicyclic amines) is 1. The number of piperidine rings is 1. The molecule has 1 aliphatic heterocycles. The molecule has 6 N–H and O–H groups in total. The number of hydrogen-bond donors (Lipinski definition) is 6. The molecule has 1 saturated heterocycles. The molecule has 3 heterocycles. The lowest BCUT2D eigenvalue weighted by Gasteiger charge is -2.34. The summed E-state index contributed by atoms with van der Waals surface area (Å²) in [6.45, 7) is 11.4. The highest BCUT2D eigenvalue weighted by Crippen LogP contribution is 2.38. The van der Waals surface area contributed by atoms with Gasteiger partial charge < -0.3 is 25.4 Å². The summed E-state index contributed by atoms with van der Waals surface area (Å²) in [6.07, 6.45) is 5.04. The van der Waals surface area contributed by atoms with Crippen molar-refractivity contribution in [1.82, 2.24) is 40.3 Å². The number of rotatable bonds is 15. The zero-order valence-corrected chi connectivity index (χ0v) is 35.6. The number of phenolic OH excluding ortho intramolecular Hbond substituents is 2. The van der Waals surface area contributed by atoms with E-state index in [2.05, 4.69) is 44.5 Å². The van der Waals surface area contributed by atoms with E-state index < -0.39 is 11.8 Å². The SMILES string of the molecule is CCNC(=O)c1nnc(-c2cc(C(C)C)c(O)cc2O)n1-c1ccc(CN2CCC(C(=O)N(CCc3c(C)[nH]c4ccccc34)Cc3ccc(/C=C/C(=O)NO)cc3)CC2)cc1. The zero-order valence-electron chi connectivity index (χ0n) is 35.6. The maximum atomic E-state index is 14.4. The number of fused-ring (bicyclic) bond motifs is 1. The van der Waals surface area contributed by atoms with Gasteiger partial charge >= 0.3 is 0 Å². The molecule has 0 spiro atoms. The average molecular weight is 839 g/mol. The molecule has 62 heavy (non-hydrogen) atoms. The minimum atomic E-state index is -0.609. The minimum absolute atomic E-state index is 0.0202. The summed E-state index contributed by atoms with van der Waals surface area (Å²) in [5, 5.41) is 42.7. The topological polar surface area (TPSA) is 189 Å². The minimum Gasteiger partial charge on any atom is -0.508 e. The first-order valence-corrected chi connectivity index (χ1v) is 21.1.